The lowest BCUT2D eigenvalue weighted by molar-refractivity contribution is 0.0935. The fourth-order valence-corrected chi connectivity index (χ4v) is 2.51. The molecule has 0 unspecified atom stereocenters. The van der Waals surface area contributed by atoms with Gasteiger partial charge in [0.05, 0.1) is 11.1 Å². The number of alkyl halides is 1. The molecule has 5 heteroatoms. The SMILES string of the molecule is O=C(NC1(CCl)CC1)c1cc(Cl)ccc1I. The Morgan fingerprint density at radius 1 is 1.50 bits per heavy atom. The lowest BCUT2D eigenvalue weighted by Crippen LogP contribution is -2.38. The maximum Gasteiger partial charge on any atom is 0.252 e. The minimum atomic E-state index is -0.177. The summed E-state index contributed by atoms with van der Waals surface area (Å²) < 4.78 is 0.893. The monoisotopic (exact) mass is 369 g/mol. The van der Waals surface area contributed by atoms with Crippen molar-refractivity contribution in [3.8, 4) is 0 Å². The molecule has 2 nitrogen and oxygen atoms in total. The molecule has 1 saturated carbocycles. The fourth-order valence-electron chi connectivity index (χ4n) is 1.42. The molecular formula is C11H10Cl2INO. The van der Waals surface area contributed by atoms with Crippen LogP contribution in [0.3, 0.4) is 0 Å². The third-order valence-electron chi connectivity index (χ3n) is 2.66. The Kier molecular flexibility index (Phi) is 3.66. The van der Waals surface area contributed by atoms with Crippen molar-refractivity contribution >= 4 is 51.7 Å². The Hall–Kier alpha value is -0.000000000000000111. The van der Waals surface area contributed by atoms with Gasteiger partial charge in [-0.1, -0.05) is 11.6 Å². The van der Waals surface area contributed by atoms with E-state index in [0.717, 1.165) is 16.4 Å². The summed E-state index contributed by atoms with van der Waals surface area (Å²) in [6.07, 6.45) is 1.92. The zero-order valence-corrected chi connectivity index (χ0v) is 12.1. The number of hydrogen-bond acceptors (Lipinski definition) is 1. The van der Waals surface area contributed by atoms with Gasteiger partial charge in [0.25, 0.3) is 5.91 Å². The van der Waals surface area contributed by atoms with Crippen molar-refractivity contribution in [1.29, 1.82) is 0 Å². The molecule has 1 N–H and O–H groups in total. The van der Waals surface area contributed by atoms with Crippen LogP contribution in [-0.2, 0) is 0 Å². The molecule has 1 aromatic rings. The second kappa shape index (κ2) is 4.70. The van der Waals surface area contributed by atoms with Crippen molar-refractivity contribution in [2.75, 3.05) is 5.88 Å². The summed E-state index contributed by atoms with van der Waals surface area (Å²) in [7, 11) is 0. The van der Waals surface area contributed by atoms with Crippen LogP contribution in [0.4, 0.5) is 0 Å². The molecule has 0 atom stereocenters. The predicted molar refractivity (Wildman–Crippen MR) is 74.3 cm³/mol. The third-order valence-corrected chi connectivity index (χ3v) is 4.35. The molecule has 0 radical (unpaired) electrons. The third kappa shape index (κ3) is 2.63. The van der Waals surface area contributed by atoms with Crippen molar-refractivity contribution in [3.63, 3.8) is 0 Å². The van der Waals surface area contributed by atoms with Gasteiger partial charge in [-0.3, -0.25) is 4.79 Å². The Bertz CT molecular complexity index is 432. The summed E-state index contributed by atoms with van der Waals surface area (Å²) >= 11 is 13.8. The van der Waals surface area contributed by atoms with Gasteiger partial charge >= 0.3 is 0 Å². The van der Waals surface area contributed by atoms with Crippen LogP contribution in [0.2, 0.25) is 5.02 Å². The number of carbonyl (C=O) groups excluding carboxylic acids is 1. The van der Waals surface area contributed by atoms with Crippen LogP contribution >= 0.6 is 45.8 Å². The number of hydrogen-bond donors (Lipinski definition) is 1. The van der Waals surface area contributed by atoms with Crippen LogP contribution in [0, 0.1) is 3.57 Å². The van der Waals surface area contributed by atoms with Crippen LogP contribution in [0.25, 0.3) is 0 Å². The molecule has 0 bridgehead atoms. The molecule has 1 aliphatic rings. The van der Waals surface area contributed by atoms with E-state index in [1.165, 1.54) is 0 Å². The molecule has 1 amide bonds. The van der Waals surface area contributed by atoms with Crippen molar-refractivity contribution < 1.29 is 4.79 Å². The van der Waals surface area contributed by atoms with Crippen molar-refractivity contribution in [2.24, 2.45) is 0 Å². The summed E-state index contributed by atoms with van der Waals surface area (Å²) in [6.45, 7) is 0. The van der Waals surface area contributed by atoms with Gasteiger partial charge in [-0.15, -0.1) is 11.6 Å². The van der Waals surface area contributed by atoms with E-state index in [-0.39, 0.29) is 11.4 Å². The molecule has 0 heterocycles. The van der Waals surface area contributed by atoms with E-state index in [2.05, 4.69) is 27.9 Å². The Morgan fingerprint density at radius 2 is 2.19 bits per heavy atom. The van der Waals surface area contributed by atoms with Gasteiger partial charge in [0.1, 0.15) is 0 Å². The van der Waals surface area contributed by atoms with Gasteiger partial charge in [-0.25, -0.2) is 0 Å². The molecular weight excluding hydrogens is 360 g/mol. The highest BCUT2D eigenvalue weighted by molar-refractivity contribution is 14.1. The molecule has 0 aliphatic heterocycles. The number of carbonyl (C=O) groups is 1. The molecule has 1 aromatic carbocycles. The molecule has 86 valence electrons. The first kappa shape index (κ1) is 12.5. The highest BCUT2D eigenvalue weighted by Crippen LogP contribution is 2.36. The first-order valence-electron chi connectivity index (χ1n) is 4.90. The number of benzene rings is 1. The molecule has 2 rings (SSSR count). The van der Waals surface area contributed by atoms with Crippen molar-refractivity contribution in [2.45, 2.75) is 18.4 Å². The van der Waals surface area contributed by atoms with E-state index in [4.69, 9.17) is 23.2 Å². The maximum absolute atomic E-state index is 12.0. The zero-order valence-electron chi connectivity index (χ0n) is 8.40. The van der Waals surface area contributed by atoms with Gasteiger partial charge in [0.2, 0.25) is 0 Å². The topological polar surface area (TPSA) is 29.1 Å². The number of halogens is 3. The van der Waals surface area contributed by atoms with Gasteiger partial charge < -0.3 is 5.32 Å². The Labute approximate surface area is 118 Å². The molecule has 0 aromatic heterocycles. The average Bonchev–Trinajstić information content (AvgIpc) is 3.02. The maximum atomic E-state index is 12.0. The summed E-state index contributed by atoms with van der Waals surface area (Å²) in [4.78, 5) is 12.0. The molecule has 1 aliphatic carbocycles. The molecule has 16 heavy (non-hydrogen) atoms. The predicted octanol–water partition coefficient (Wildman–Crippen LogP) is 3.45. The van der Waals surface area contributed by atoms with Crippen LogP contribution in [0.1, 0.15) is 23.2 Å². The largest absolute Gasteiger partial charge is 0.345 e. The highest BCUT2D eigenvalue weighted by Gasteiger charge is 2.43. The van der Waals surface area contributed by atoms with Crippen LogP contribution < -0.4 is 5.32 Å². The smallest absolute Gasteiger partial charge is 0.252 e. The van der Waals surface area contributed by atoms with Crippen LogP contribution in [0.5, 0.6) is 0 Å². The number of rotatable bonds is 3. The highest BCUT2D eigenvalue weighted by atomic mass is 127. The second-order valence-corrected chi connectivity index (χ2v) is 5.86. The van der Waals surface area contributed by atoms with E-state index in [0.29, 0.717) is 16.5 Å². The van der Waals surface area contributed by atoms with Crippen molar-refractivity contribution in [1.82, 2.24) is 5.32 Å². The van der Waals surface area contributed by atoms with Gasteiger partial charge in [0.15, 0.2) is 0 Å². The quantitative estimate of drug-likeness (QED) is 0.641. The normalized spacial score (nSPS) is 16.9. The molecule has 1 fully saturated rings. The summed E-state index contributed by atoms with van der Waals surface area (Å²) in [5.74, 6) is 0.376. The number of nitrogens with one attached hydrogen (secondary N) is 1. The van der Waals surface area contributed by atoms with E-state index in [9.17, 15) is 4.79 Å². The van der Waals surface area contributed by atoms with Gasteiger partial charge in [-0.2, -0.15) is 0 Å². The fraction of sp³-hybridized carbons (Fsp3) is 0.364. The Balaban J connectivity index is 2.17. The molecule has 0 spiro atoms. The Morgan fingerprint density at radius 3 is 2.75 bits per heavy atom. The lowest BCUT2D eigenvalue weighted by Gasteiger charge is -2.14. The van der Waals surface area contributed by atoms with E-state index >= 15 is 0 Å². The summed E-state index contributed by atoms with van der Waals surface area (Å²) in [5, 5.41) is 3.54. The van der Waals surface area contributed by atoms with E-state index in [1.54, 1.807) is 12.1 Å². The second-order valence-electron chi connectivity index (χ2n) is 3.99. The van der Waals surface area contributed by atoms with Gasteiger partial charge in [-0.05, 0) is 53.6 Å². The van der Waals surface area contributed by atoms with Crippen LogP contribution in [-0.4, -0.2) is 17.3 Å². The minimum absolute atomic E-state index is 0.0925. The number of amides is 1. The summed E-state index contributed by atoms with van der Waals surface area (Å²) in [5.41, 5.74) is 0.439. The van der Waals surface area contributed by atoms with E-state index < -0.39 is 0 Å². The van der Waals surface area contributed by atoms with Gasteiger partial charge in [0, 0.05) is 14.5 Å². The lowest BCUT2D eigenvalue weighted by atomic mass is 10.2. The first-order chi connectivity index (χ1) is 7.56. The van der Waals surface area contributed by atoms with Crippen LogP contribution in [0.15, 0.2) is 18.2 Å². The first-order valence-corrected chi connectivity index (χ1v) is 6.89. The average molecular weight is 370 g/mol. The van der Waals surface area contributed by atoms with Crippen molar-refractivity contribution in [3.05, 3.63) is 32.4 Å². The van der Waals surface area contributed by atoms with E-state index in [1.807, 2.05) is 6.07 Å². The summed E-state index contributed by atoms with van der Waals surface area (Å²) in [6, 6.07) is 5.29. The standard InChI is InChI=1S/C11H10Cl2INO/c12-6-11(3-4-11)15-10(16)8-5-7(13)1-2-9(8)14/h1-2,5H,3-4,6H2,(H,15,16). The zero-order chi connectivity index (χ0) is 11.8. The minimum Gasteiger partial charge on any atom is -0.345 e. The molecule has 0 saturated heterocycles.